The highest BCUT2D eigenvalue weighted by atomic mass is 35.5. The maximum absolute atomic E-state index is 13.0. The lowest BCUT2D eigenvalue weighted by molar-refractivity contribution is 0.229. The van der Waals surface area contributed by atoms with Crippen LogP contribution in [0.2, 0.25) is 5.02 Å². The van der Waals surface area contributed by atoms with Crippen molar-refractivity contribution in [1.29, 1.82) is 0 Å². The van der Waals surface area contributed by atoms with Crippen LogP contribution in [0.5, 0.6) is 0 Å². The lowest BCUT2D eigenvalue weighted by Gasteiger charge is -2.17. The third-order valence-electron chi connectivity index (χ3n) is 4.09. The van der Waals surface area contributed by atoms with E-state index in [4.69, 9.17) is 20.6 Å². The number of halogens is 1. The minimum Gasteiger partial charge on any atom is -0.321 e. The summed E-state index contributed by atoms with van der Waals surface area (Å²) in [4.78, 5) is 14.9. The van der Waals surface area contributed by atoms with Crippen molar-refractivity contribution in [1.82, 2.24) is 4.98 Å². The van der Waals surface area contributed by atoms with Gasteiger partial charge in [-0.25, -0.2) is 8.42 Å². The number of aromatic nitrogens is 1. The van der Waals surface area contributed by atoms with Gasteiger partial charge in [0.15, 0.2) is 0 Å². The Morgan fingerprint density at radius 3 is 2.30 bits per heavy atom. The highest BCUT2D eigenvalue weighted by molar-refractivity contribution is 7.92. The van der Waals surface area contributed by atoms with Crippen LogP contribution < -0.4 is 15.6 Å². The van der Waals surface area contributed by atoms with Gasteiger partial charge in [0.2, 0.25) is 0 Å². The fourth-order valence-corrected chi connectivity index (χ4v) is 6.09. The molecule has 160 valence electrons. The Hall–Kier alpha value is -2.16. The van der Waals surface area contributed by atoms with Crippen molar-refractivity contribution in [3.8, 4) is 0 Å². The van der Waals surface area contributed by atoms with E-state index >= 15 is 0 Å². The highest BCUT2D eigenvalue weighted by Gasteiger charge is 2.31. The Kier molecular flexibility index (Phi) is 6.69. The summed E-state index contributed by atoms with van der Waals surface area (Å²) in [7, 11) is -7.90. The molecule has 2 aromatic carbocycles. The van der Waals surface area contributed by atoms with Crippen LogP contribution in [0.25, 0.3) is 10.9 Å². The lowest BCUT2D eigenvalue weighted by atomic mass is 10.2. The molecule has 0 radical (unpaired) electrons. The van der Waals surface area contributed by atoms with Crippen LogP contribution in [0.1, 0.15) is 13.8 Å². The molecule has 0 spiro atoms. The summed E-state index contributed by atoms with van der Waals surface area (Å²) in [6, 6.07) is 12.3. The number of H-pyrrole nitrogens is 1. The summed E-state index contributed by atoms with van der Waals surface area (Å²) in [6.07, 6.45) is 0. The smallest absolute Gasteiger partial charge is 0.321 e. The Labute approximate surface area is 178 Å². The Morgan fingerprint density at radius 1 is 1.07 bits per heavy atom. The van der Waals surface area contributed by atoms with Crippen LogP contribution in [0.3, 0.4) is 0 Å². The summed E-state index contributed by atoms with van der Waals surface area (Å²) in [5.41, 5.74) is -0.0122. The Balaban J connectivity index is 2.15. The normalized spacial score (nSPS) is 12.2. The van der Waals surface area contributed by atoms with Crippen molar-refractivity contribution in [3.63, 3.8) is 0 Å². The molecule has 0 amide bonds. The Bertz CT molecular complexity index is 1270. The molecule has 0 aliphatic carbocycles. The first-order chi connectivity index (χ1) is 14.2. The van der Waals surface area contributed by atoms with Crippen molar-refractivity contribution >= 4 is 51.1 Å². The number of nitrogens with one attached hydrogen (secondary N) is 2. The molecule has 1 heterocycles. The minimum atomic E-state index is -4.02. The monoisotopic (exact) mass is 470 g/mol. The highest BCUT2D eigenvalue weighted by Crippen LogP contribution is 2.46. The lowest BCUT2D eigenvalue weighted by Crippen LogP contribution is -2.29. The number of anilines is 1. The molecule has 2 N–H and O–H groups in total. The topological polar surface area (TPSA) is 115 Å². The standard InChI is InChI=1S/C19H20ClN2O6PS/c1-3-27-29(24,28-4-2)17-10-13-11-18(15(20)12-16(13)21-19(17)23)30(25,26)22-14-8-6-5-7-9-14/h5-12,22H,3-4H2,1-2H3,(H,21,23). The zero-order valence-electron chi connectivity index (χ0n) is 16.2. The Morgan fingerprint density at radius 2 is 1.70 bits per heavy atom. The number of pyridine rings is 1. The van der Waals surface area contributed by atoms with E-state index < -0.39 is 23.2 Å². The number of fused-ring (bicyclic) bond motifs is 1. The fraction of sp³-hybridized carbons (Fsp3) is 0.211. The molecule has 11 heteroatoms. The van der Waals surface area contributed by atoms with Gasteiger partial charge in [0.1, 0.15) is 10.2 Å². The fourth-order valence-electron chi connectivity index (χ4n) is 2.84. The van der Waals surface area contributed by atoms with Crippen LogP contribution in [-0.2, 0) is 23.6 Å². The van der Waals surface area contributed by atoms with Gasteiger partial charge in [-0.3, -0.25) is 14.1 Å². The van der Waals surface area contributed by atoms with E-state index in [1.807, 2.05) is 0 Å². The quantitative estimate of drug-likeness (QED) is 0.483. The van der Waals surface area contributed by atoms with E-state index in [1.54, 1.807) is 44.2 Å². The third-order valence-corrected chi connectivity index (χ3v) is 8.05. The van der Waals surface area contributed by atoms with Crippen molar-refractivity contribution in [2.75, 3.05) is 17.9 Å². The third kappa shape index (κ3) is 4.61. The van der Waals surface area contributed by atoms with Crippen molar-refractivity contribution < 1.29 is 22.0 Å². The molecule has 0 aliphatic heterocycles. The van der Waals surface area contributed by atoms with E-state index in [9.17, 15) is 17.8 Å². The van der Waals surface area contributed by atoms with E-state index in [0.29, 0.717) is 11.1 Å². The van der Waals surface area contributed by atoms with Gasteiger partial charge in [0.05, 0.1) is 18.2 Å². The molecule has 0 bridgehead atoms. The summed E-state index contributed by atoms with van der Waals surface area (Å²) in [5.74, 6) is 0. The first-order valence-corrected chi connectivity index (χ1v) is 12.4. The van der Waals surface area contributed by atoms with Gasteiger partial charge in [-0.05, 0) is 44.2 Å². The van der Waals surface area contributed by atoms with Gasteiger partial charge >= 0.3 is 7.60 Å². The average Bonchev–Trinajstić information content (AvgIpc) is 2.67. The molecule has 0 saturated carbocycles. The minimum absolute atomic E-state index is 0.0655. The molecule has 0 atom stereocenters. The number of para-hydroxylation sites is 1. The molecule has 3 rings (SSSR count). The number of aromatic amines is 1. The van der Waals surface area contributed by atoms with Crippen LogP contribution >= 0.6 is 19.2 Å². The van der Waals surface area contributed by atoms with Crippen molar-refractivity contribution in [3.05, 3.63) is 63.9 Å². The molecule has 0 saturated heterocycles. The largest absolute Gasteiger partial charge is 0.366 e. The molecule has 0 fully saturated rings. The molecular formula is C19H20ClN2O6PS. The van der Waals surface area contributed by atoms with Crippen molar-refractivity contribution in [2.24, 2.45) is 0 Å². The van der Waals surface area contributed by atoms with Gasteiger partial charge in [-0.15, -0.1) is 0 Å². The maximum atomic E-state index is 13.0. The zero-order chi connectivity index (χ0) is 21.9. The van der Waals surface area contributed by atoms with E-state index in [1.165, 1.54) is 18.2 Å². The van der Waals surface area contributed by atoms with Gasteiger partial charge < -0.3 is 14.0 Å². The van der Waals surface area contributed by atoms with Gasteiger partial charge in [-0.2, -0.15) is 0 Å². The summed E-state index contributed by atoms with van der Waals surface area (Å²) in [5, 5.41) is 0.0228. The summed E-state index contributed by atoms with van der Waals surface area (Å²) >= 11 is 6.19. The van der Waals surface area contributed by atoms with Gasteiger partial charge in [-0.1, -0.05) is 29.8 Å². The van der Waals surface area contributed by atoms with E-state index in [-0.39, 0.29) is 34.0 Å². The van der Waals surface area contributed by atoms with Crippen molar-refractivity contribution in [2.45, 2.75) is 18.7 Å². The zero-order valence-corrected chi connectivity index (χ0v) is 18.7. The number of benzene rings is 2. The van der Waals surface area contributed by atoms with Crippen LogP contribution in [0.15, 0.2) is 58.2 Å². The number of hydrogen-bond donors (Lipinski definition) is 2. The average molecular weight is 471 g/mol. The second kappa shape index (κ2) is 8.91. The second-order valence-electron chi connectivity index (χ2n) is 6.16. The molecule has 0 unspecified atom stereocenters. The summed E-state index contributed by atoms with van der Waals surface area (Å²) in [6.45, 7) is 3.38. The maximum Gasteiger partial charge on any atom is 0.366 e. The molecule has 3 aromatic rings. The predicted octanol–water partition coefficient (Wildman–Crippen LogP) is 3.87. The van der Waals surface area contributed by atoms with Gasteiger partial charge in [0.25, 0.3) is 15.6 Å². The second-order valence-corrected chi connectivity index (χ2v) is 10.2. The SMILES string of the molecule is CCOP(=O)(OCC)c1cc2cc(S(=O)(=O)Nc3ccccc3)c(Cl)cc2[nH]c1=O. The van der Waals surface area contributed by atoms with Gasteiger partial charge in [0, 0.05) is 16.6 Å². The first kappa shape index (κ1) is 22.5. The number of hydrogen-bond acceptors (Lipinski definition) is 6. The molecular weight excluding hydrogens is 451 g/mol. The molecule has 8 nitrogen and oxygen atoms in total. The molecule has 0 aliphatic rings. The predicted molar refractivity (Wildman–Crippen MR) is 117 cm³/mol. The first-order valence-electron chi connectivity index (χ1n) is 9.04. The molecule has 30 heavy (non-hydrogen) atoms. The number of sulfonamides is 1. The van der Waals surface area contributed by atoms with E-state index in [2.05, 4.69) is 9.71 Å². The van der Waals surface area contributed by atoms with Crippen LogP contribution in [0.4, 0.5) is 5.69 Å². The molecule has 1 aromatic heterocycles. The van der Waals surface area contributed by atoms with Crippen LogP contribution in [0, 0.1) is 0 Å². The summed E-state index contributed by atoms with van der Waals surface area (Å²) < 4.78 is 51.7. The van der Waals surface area contributed by atoms with E-state index in [0.717, 1.165) is 0 Å². The number of rotatable bonds is 8. The van der Waals surface area contributed by atoms with Crippen LogP contribution in [-0.4, -0.2) is 26.6 Å².